The van der Waals surface area contributed by atoms with E-state index in [1.165, 1.54) is 11.1 Å². The summed E-state index contributed by atoms with van der Waals surface area (Å²) < 4.78 is 1.76. The standard InChI is InChI=1S/C23H21N5O/c1-27-12-16-4-3-15(5-18(16)13-27)23(29)8-21-6-17-7-22(20-11-26-28(2)14-20)25-10-19(17)9-24-21/h3-7,9-11,14H,8,12-13H2,1-2H3. The van der Waals surface area contributed by atoms with Gasteiger partial charge in [-0.3, -0.25) is 24.3 Å². The molecule has 1 aliphatic heterocycles. The second-order valence-corrected chi connectivity index (χ2v) is 7.75. The Morgan fingerprint density at radius 3 is 2.62 bits per heavy atom. The monoisotopic (exact) mass is 383 g/mol. The lowest BCUT2D eigenvalue weighted by Crippen LogP contribution is -2.07. The van der Waals surface area contributed by atoms with Crippen LogP contribution in [0.3, 0.4) is 0 Å². The van der Waals surface area contributed by atoms with E-state index >= 15 is 0 Å². The molecule has 0 amide bonds. The Labute approximate surface area is 168 Å². The van der Waals surface area contributed by atoms with Gasteiger partial charge in [-0.05, 0) is 41.8 Å². The molecule has 0 radical (unpaired) electrons. The summed E-state index contributed by atoms with van der Waals surface area (Å²) in [5, 5.41) is 6.18. The van der Waals surface area contributed by atoms with Gasteiger partial charge in [0.15, 0.2) is 5.78 Å². The van der Waals surface area contributed by atoms with Gasteiger partial charge in [0.25, 0.3) is 0 Å². The fourth-order valence-electron chi connectivity index (χ4n) is 3.90. The molecule has 0 atom stereocenters. The van der Waals surface area contributed by atoms with Gasteiger partial charge in [0, 0.05) is 60.9 Å². The molecule has 0 unspecified atom stereocenters. The number of aromatic nitrogens is 4. The lowest BCUT2D eigenvalue weighted by Gasteiger charge is -2.06. The summed E-state index contributed by atoms with van der Waals surface area (Å²) in [6.45, 7) is 1.85. The molecule has 29 heavy (non-hydrogen) atoms. The Bertz CT molecular complexity index is 1240. The number of aryl methyl sites for hydroxylation is 1. The van der Waals surface area contributed by atoms with E-state index in [0.29, 0.717) is 0 Å². The first-order chi connectivity index (χ1) is 14.0. The Hall–Kier alpha value is -3.38. The number of Topliss-reactive ketones (excluding diaryl/α,β-unsaturated/α-hetero) is 1. The van der Waals surface area contributed by atoms with Crippen LogP contribution in [0.25, 0.3) is 22.0 Å². The van der Waals surface area contributed by atoms with Crippen LogP contribution in [0.1, 0.15) is 27.2 Å². The van der Waals surface area contributed by atoms with Crippen LogP contribution in [0.4, 0.5) is 0 Å². The van der Waals surface area contributed by atoms with E-state index in [2.05, 4.69) is 33.1 Å². The predicted octanol–water partition coefficient (Wildman–Crippen LogP) is 3.40. The van der Waals surface area contributed by atoms with Crippen molar-refractivity contribution in [3.05, 3.63) is 77.5 Å². The third-order valence-corrected chi connectivity index (χ3v) is 5.41. The van der Waals surface area contributed by atoms with Crippen molar-refractivity contribution in [3.8, 4) is 11.3 Å². The minimum atomic E-state index is 0.0933. The Morgan fingerprint density at radius 2 is 1.79 bits per heavy atom. The molecule has 4 heterocycles. The van der Waals surface area contributed by atoms with Gasteiger partial charge in [-0.1, -0.05) is 12.1 Å². The summed E-state index contributed by atoms with van der Waals surface area (Å²) in [4.78, 5) is 24.1. The maximum absolute atomic E-state index is 12.8. The van der Waals surface area contributed by atoms with Crippen molar-refractivity contribution in [2.45, 2.75) is 19.5 Å². The molecule has 0 fully saturated rings. The van der Waals surface area contributed by atoms with E-state index in [1.54, 1.807) is 17.1 Å². The van der Waals surface area contributed by atoms with Crippen LogP contribution in [0, 0.1) is 0 Å². The average Bonchev–Trinajstić information content (AvgIpc) is 3.31. The van der Waals surface area contributed by atoms with E-state index in [4.69, 9.17) is 0 Å². The molecule has 0 N–H and O–H groups in total. The fourth-order valence-corrected chi connectivity index (χ4v) is 3.90. The highest BCUT2D eigenvalue weighted by Crippen LogP contribution is 2.24. The highest BCUT2D eigenvalue weighted by Gasteiger charge is 2.18. The van der Waals surface area contributed by atoms with Crippen LogP contribution in [0.2, 0.25) is 0 Å². The van der Waals surface area contributed by atoms with Crippen molar-refractivity contribution in [2.24, 2.45) is 7.05 Å². The minimum Gasteiger partial charge on any atom is -0.298 e. The smallest absolute Gasteiger partial charge is 0.168 e. The van der Waals surface area contributed by atoms with Crippen molar-refractivity contribution in [3.63, 3.8) is 0 Å². The van der Waals surface area contributed by atoms with E-state index in [1.807, 2.05) is 43.7 Å². The van der Waals surface area contributed by atoms with Crippen LogP contribution in [-0.2, 0) is 26.6 Å². The van der Waals surface area contributed by atoms with Crippen LogP contribution >= 0.6 is 0 Å². The summed E-state index contributed by atoms with van der Waals surface area (Å²) in [7, 11) is 3.98. The van der Waals surface area contributed by atoms with Gasteiger partial charge in [-0.2, -0.15) is 5.10 Å². The number of hydrogen-bond donors (Lipinski definition) is 0. The molecule has 3 aromatic heterocycles. The highest BCUT2D eigenvalue weighted by molar-refractivity contribution is 5.98. The molecule has 0 bridgehead atoms. The highest BCUT2D eigenvalue weighted by atomic mass is 16.1. The average molecular weight is 383 g/mol. The number of fused-ring (bicyclic) bond motifs is 2. The molecule has 1 aromatic carbocycles. The summed E-state index contributed by atoms with van der Waals surface area (Å²) in [6.07, 6.45) is 7.62. The molecule has 144 valence electrons. The lowest BCUT2D eigenvalue weighted by atomic mass is 10.0. The number of benzene rings is 1. The summed E-state index contributed by atoms with van der Waals surface area (Å²) >= 11 is 0. The minimum absolute atomic E-state index is 0.0933. The van der Waals surface area contributed by atoms with Gasteiger partial charge in [0.2, 0.25) is 0 Å². The first kappa shape index (κ1) is 17.7. The number of carbonyl (C=O) groups excluding carboxylic acids is 1. The first-order valence-corrected chi connectivity index (χ1v) is 9.62. The van der Waals surface area contributed by atoms with Crippen LogP contribution < -0.4 is 0 Å². The molecule has 0 aliphatic carbocycles. The number of rotatable bonds is 4. The largest absolute Gasteiger partial charge is 0.298 e. The van der Waals surface area contributed by atoms with Gasteiger partial charge >= 0.3 is 0 Å². The van der Waals surface area contributed by atoms with E-state index < -0.39 is 0 Å². The fraction of sp³-hybridized carbons (Fsp3) is 0.217. The number of hydrogen-bond acceptors (Lipinski definition) is 5. The quantitative estimate of drug-likeness (QED) is 0.506. The molecule has 0 spiro atoms. The van der Waals surface area contributed by atoms with Crippen LogP contribution in [0.5, 0.6) is 0 Å². The first-order valence-electron chi connectivity index (χ1n) is 9.62. The van der Waals surface area contributed by atoms with Crippen molar-refractivity contribution >= 4 is 16.6 Å². The molecule has 0 saturated carbocycles. The number of ketones is 1. The van der Waals surface area contributed by atoms with E-state index in [0.717, 1.165) is 46.4 Å². The SMILES string of the molecule is CN1Cc2ccc(C(=O)Cc3cc4cc(-c5cnn(C)c5)ncc4cn3)cc2C1. The molecule has 4 aromatic rings. The lowest BCUT2D eigenvalue weighted by molar-refractivity contribution is 0.0992. The third-order valence-electron chi connectivity index (χ3n) is 5.41. The van der Waals surface area contributed by atoms with Crippen LogP contribution in [0.15, 0.2) is 55.1 Å². The van der Waals surface area contributed by atoms with Gasteiger partial charge in [0.1, 0.15) is 0 Å². The van der Waals surface area contributed by atoms with Crippen molar-refractivity contribution in [2.75, 3.05) is 7.05 Å². The number of pyridine rings is 2. The maximum atomic E-state index is 12.8. The summed E-state index contributed by atoms with van der Waals surface area (Å²) in [5.41, 5.74) is 5.90. The molecular formula is C23H21N5O. The normalized spacial score (nSPS) is 13.7. The summed E-state index contributed by atoms with van der Waals surface area (Å²) in [5.74, 6) is 0.0933. The zero-order chi connectivity index (χ0) is 20.0. The molecule has 0 saturated heterocycles. The second kappa shape index (κ2) is 6.90. The second-order valence-electron chi connectivity index (χ2n) is 7.75. The van der Waals surface area contributed by atoms with Gasteiger partial charge in [-0.15, -0.1) is 0 Å². The number of carbonyl (C=O) groups is 1. The number of nitrogens with zero attached hydrogens (tertiary/aromatic N) is 5. The Morgan fingerprint density at radius 1 is 0.966 bits per heavy atom. The van der Waals surface area contributed by atoms with Gasteiger partial charge < -0.3 is 0 Å². The molecule has 6 heteroatoms. The third kappa shape index (κ3) is 3.43. The Kier molecular flexibility index (Phi) is 4.21. The molecule has 5 rings (SSSR count). The van der Waals surface area contributed by atoms with Gasteiger partial charge in [-0.25, -0.2) is 0 Å². The summed E-state index contributed by atoms with van der Waals surface area (Å²) in [6, 6.07) is 10.0. The van der Waals surface area contributed by atoms with Crippen molar-refractivity contribution in [1.82, 2.24) is 24.6 Å². The Balaban J connectivity index is 1.41. The van der Waals surface area contributed by atoms with Gasteiger partial charge in [0.05, 0.1) is 18.3 Å². The molecule has 1 aliphatic rings. The van der Waals surface area contributed by atoms with E-state index in [9.17, 15) is 4.79 Å². The predicted molar refractivity (Wildman–Crippen MR) is 111 cm³/mol. The van der Waals surface area contributed by atoms with E-state index in [-0.39, 0.29) is 12.2 Å². The topological polar surface area (TPSA) is 63.9 Å². The molecular weight excluding hydrogens is 362 g/mol. The van der Waals surface area contributed by atoms with Crippen LogP contribution in [-0.4, -0.2) is 37.5 Å². The van der Waals surface area contributed by atoms with Crippen molar-refractivity contribution in [1.29, 1.82) is 0 Å². The zero-order valence-corrected chi connectivity index (χ0v) is 16.5. The van der Waals surface area contributed by atoms with Crippen molar-refractivity contribution < 1.29 is 4.79 Å². The maximum Gasteiger partial charge on any atom is 0.168 e. The molecule has 6 nitrogen and oxygen atoms in total. The zero-order valence-electron chi connectivity index (χ0n) is 16.5.